The standard InChI is InChI=1S/C14H19N2/c1-2-6-13(5-1)11-15-9-10-16-12-14-7-3-4-8-14/h1-8,13,15-16H,9-12H2/q-1. The maximum Gasteiger partial charge on any atom is 0.00779 e. The Hall–Kier alpha value is -1.25. The van der Waals surface area contributed by atoms with Crippen molar-refractivity contribution < 1.29 is 0 Å². The Labute approximate surface area is 97.4 Å². The maximum absolute atomic E-state index is 3.44. The predicted molar refractivity (Wildman–Crippen MR) is 68.4 cm³/mol. The van der Waals surface area contributed by atoms with E-state index in [0.717, 1.165) is 26.2 Å². The van der Waals surface area contributed by atoms with E-state index in [9.17, 15) is 0 Å². The summed E-state index contributed by atoms with van der Waals surface area (Å²) in [5.41, 5.74) is 1.36. The molecule has 0 spiro atoms. The minimum atomic E-state index is 0.593. The number of hydrogen-bond donors (Lipinski definition) is 2. The van der Waals surface area contributed by atoms with Gasteiger partial charge in [-0.15, -0.1) is 0 Å². The smallest absolute Gasteiger partial charge is 0.00779 e. The largest absolute Gasteiger partial charge is 0.323 e. The van der Waals surface area contributed by atoms with E-state index < -0.39 is 0 Å². The van der Waals surface area contributed by atoms with Crippen LogP contribution in [0.25, 0.3) is 0 Å². The molecule has 1 aromatic carbocycles. The van der Waals surface area contributed by atoms with Gasteiger partial charge in [-0.3, -0.25) is 0 Å². The zero-order valence-electron chi connectivity index (χ0n) is 9.52. The molecule has 0 atom stereocenters. The van der Waals surface area contributed by atoms with Crippen LogP contribution in [0.4, 0.5) is 0 Å². The average Bonchev–Trinajstić information content (AvgIpc) is 2.96. The number of hydrogen-bond acceptors (Lipinski definition) is 2. The molecule has 0 saturated heterocycles. The van der Waals surface area contributed by atoms with Gasteiger partial charge in [0.05, 0.1) is 0 Å². The lowest BCUT2D eigenvalue weighted by atomic mass is 10.2. The molecule has 86 valence electrons. The second-order valence-electron chi connectivity index (χ2n) is 4.11. The van der Waals surface area contributed by atoms with Crippen LogP contribution in [-0.4, -0.2) is 19.6 Å². The topological polar surface area (TPSA) is 24.1 Å². The van der Waals surface area contributed by atoms with Crippen molar-refractivity contribution in [3.63, 3.8) is 0 Å². The van der Waals surface area contributed by atoms with Gasteiger partial charge in [-0.2, -0.15) is 23.8 Å². The van der Waals surface area contributed by atoms with Crippen molar-refractivity contribution in [3.8, 4) is 0 Å². The van der Waals surface area contributed by atoms with Crippen LogP contribution in [0, 0.1) is 5.92 Å². The Bertz CT molecular complexity index is 324. The van der Waals surface area contributed by atoms with Crippen LogP contribution in [0.2, 0.25) is 0 Å². The molecule has 0 fully saturated rings. The third kappa shape index (κ3) is 3.72. The van der Waals surface area contributed by atoms with Gasteiger partial charge in [0, 0.05) is 25.6 Å². The summed E-state index contributed by atoms with van der Waals surface area (Å²) in [4.78, 5) is 0. The molecule has 1 aliphatic rings. The Morgan fingerprint density at radius 1 is 1.12 bits per heavy atom. The van der Waals surface area contributed by atoms with Gasteiger partial charge >= 0.3 is 0 Å². The van der Waals surface area contributed by atoms with Crippen molar-refractivity contribution in [1.82, 2.24) is 10.6 Å². The number of rotatable bonds is 7. The first kappa shape index (κ1) is 11.2. The highest BCUT2D eigenvalue weighted by Crippen LogP contribution is 2.06. The minimum Gasteiger partial charge on any atom is -0.323 e. The molecule has 0 radical (unpaired) electrons. The van der Waals surface area contributed by atoms with Crippen molar-refractivity contribution in [3.05, 3.63) is 54.1 Å². The van der Waals surface area contributed by atoms with Crippen LogP contribution in [-0.2, 0) is 6.54 Å². The average molecular weight is 215 g/mol. The molecular weight excluding hydrogens is 196 g/mol. The Morgan fingerprint density at radius 3 is 2.69 bits per heavy atom. The van der Waals surface area contributed by atoms with Crippen LogP contribution >= 0.6 is 0 Å². The van der Waals surface area contributed by atoms with Crippen molar-refractivity contribution in [1.29, 1.82) is 0 Å². The summed E-state index contributed by atoms with van der Waals surface area (Å²) < 4.78 is 0. The van der Waals surface area contributed by atoms with Crippen LogP contribution in [0.1, 0.15) is 5.56 Å². The maximum atomic E-state index is 3.44. The van der Waals surface area contributed by atoms with E-state index in [0.29, 0.717) is 5.92 Å². The van der Waals surface area contributed by atoms with E-state index in [4.69, 9.17) is 0 Å². The van der Waals surface area contributed by atoms with E-state index in [2.05, 4.69) is 59.2 Å². The molecule has 0 aliphatic heterocycles. The van der Waals surface area contributed by atoms with Gasteiger partial charge in [-0.25, -0.2) is 6.07 Å². The molecule has 0 heterocycles. The third-order valence-electron chi connectivity index (χ3n) is 2.75. The van der Waals surface area contributed by atoms with Crippen LogP contribution in [0.3, 0.4) is 0 Å². The summed E-state index contributed by atoms with van der Waals surface area (Å²) in [6, 6.07) is 8.45. The lowest BCUT2D eigenvalue weighted by Gasteiger charge is -2.10. The fourth-order valence-electron chi connectivity index (χ4n) is 1.82. The van der Waals surface area contributed by atoms with E-state index >= 15 is 0 Å². The molecule has 1 aromatic rings. The Balaban J connectivity index is 1.46. The van der Waals surface area contributed by atoms with E-state index in [1.54, 1.807) is 0 Å². The van der Waals surface area contributed by atoms with Crippen LogP contribution in [0.15, 0.2) is 48.6 Å². The quantitative estimate of drug-likeness (QED) is 0.535. The zero-order chi connectivity index (χ0) is 11.1. The molecule has 2 rings (SSSR count). The second kappa shape index (κ2) is 6.36. The molecular formula is C14H19N2-. The highest BCUT2D eigenvalue weighted by molar-refractivity contribution is 5.17. The highest BCUT2D eigenvalue weighted by atomic mass is 14.9. The predicted octanol–water partition coefficient (Wildman–Crippen LogP) is 1.83. The zero-order valence-corrected chi connectivity index (χ0v) is 9.52. The Morgan fingerprint density at radius 2 is 1.94 bits per heavy atom. The molecule has 0 unspecified atom stereocenters. The second-order valence-corrected chi connectivity index (χ2v) is 4.11. The molecule has 2 nitrogen and oxygen atoms in total. The lowest BCUT2D eigenvalue weighted by Crippen LogP contribution is -2.29. The summed E-state index contributed by atoms with van der Waals surface area (Å²) in [5.74, 6) is 0.593. The minimum absolute atomic E-state index is 0.593. The normalized spacial score (nSPS) is 15.0. The summed E-state index contributed by atoms with van der Waals surface area (Å²) in [5, 5.41) is 6.86. The van der Waals surface area contributed by atoms with Gasteiger partial charge in [0.25, 0.3) is 0 Å². The van der Waals surface area contributed by atoms with Crippen molar-refractivity contribution in [2.75, 3.05) is 19.6 Å². The van der Waals surface area contributed by atoms with E-state index in [1.807, 2.05) is 0 Å². The third-order valence-corrected chi connectivity index (χ3v) is 2.75. The fourth-order valence-corrected chi connectivity index (χ4v) is 1.82. The van der Waals surface area contributed by atoms with Crippen LogP contribution < -0.4 is 10.6 Å². The molecule has 0 amide bonds. The SMILES string of the molecule is C1=CC(CNCCNCc2cc[cH-]c2)C=C1. The van der Waals surface area contributed by atoms with Crippen LogP contribution in [0.5, 0.6) is 0 Å². The first-order chi connectivity index (χ1) is 7.95. The Kier molecular flexibility index (Phi) is 4.47. The van der Waals surface area contributed by atoms with Gasteiger partial charge in [-0.1, -0.05) is 24.3 Å². The molecule has 0 aromatic heterocycles. The van der Waals surface area contributed by atoms with E-state index in [1.165, 1.54) is 5.56 Å². The molecule has 16 heavy (non-hydrogen) atoms. The summed E-state index contributed by atoms with van der Waals surface area (Å²) in [6.07, 6.45) is 8.68. The summed E-state index contributed by atoms with van der Waals surface area (Å²) >= 11 is 0. The molecule has 0 bridgehead atoms. The van der Waals surface area contributed by atoms with Gasteiger partial charge in [0.1, 0.15) is 0 Å². The van der Waals surface area contributed by atoms with Gasteiger partial charge < -0.3 is 10.6 Å². The first-order valence-corrected chi connectivity index (χ1v) is 5.92. The van der Waals surface area contributed by atoms with Gasteiger partial charge in [0.2, 0.25) is 0 Å². The molecule has 1 aliphatic carbocycles. The summed E-state index contributed by atoms with van der Waals surface area (Å²) in [7, 11) is 0. The van der Waals surface area contributed by atoms with Crippen molar-refractivity contribution in [2.24, 2.45) is 5.92 Å². The highest BCUT2D eigenvalue weighted by Gasteiger charge is 2.01. The monoisotopic (exact) mass is 215 g/mol. The van der Waals surface area contributed by atoms with Gasteiger partial charge in [-0.05, 0) is 6.54 Å². The molecule has 2 N–H and O–H groups in total. The molecule has 2 heteroatoms. The fraction of sp³-hybridized carbons (Fsp3) is 0.357. The van der Waals surface area contributed by atoms with Gasteiger partial charge in [0.15, 0.2) is 0 Å². The number of nitrogens with one attached hydrogen (secondary N) is 2. The van der Waals surface area contributed by atoms with Crippen molar-refractivity contribution in [2.45, 2.75) is 6.54 Å². The summed E-state index contributed by atoms with van der Waals surface area (Å²) in [6.45, 7) is 4.06. The van der Waals surface area contributed by atoms with Crippen molar-refractivity contribution >= 4 is 0 Å². The van der Waals surface area contributed by atoms with E-state index in [-0.39, 0.29) is 0 Å². The lowest BCUT2D eigenvalue weighted by molar-refractivity contribution is 0.587. The number of allylic oxidation sites excluding steroid dienone is 2. The molecule has 0 saturated carbocycles. The first-order valence-electron chi connectivity index (χ1n) is 5.92.